The van der Waals surface area contributed by atoms with E-state index in [1.165, 1.54) is 30.3 Å². The van der Waals surface area contributed by atoms with Gasteiger partial charge in [-0.05, 0) is 66.7 Å². The second kappa shape index (κ2) is 9.29. The largest absolute Gasteiger partial charge is 0.486 e. The number of hydrogen-bond donors (Lipinski definition) is 1. The van der Waals surface area contributed by atoms with Crippen LogP contribution in [-0.4, -0.2) is 10.7 Å². The minimum Gasteiger partial charge on any atom is -0.486 e. The lowest BCUT2D eigenvalue weighted by Crippen LogP contribution is -2.02. The van der Waals surface area contributed by atoms with E-state index in [1.807, 2.05) is 36.4 Å². The number of carbonyl (C=O) groups excluding carboxylic acids is 1. The molecule has 0 unspecified atom stereocenters. The zero-order valence-corrected chi connectivity index (χ0v) is 18.6. The van der Waals surface area contributed by atoms with Gasteiger partial charge in [0.15, 0.2) is 5.78 Å². The minimum absolute atomic E-state index is 0.000664. The third-order valence-corrected chi connectivity index (χ3v) is 6.30. The SMILES string of the molecule is O=C(/C=C/c1ccc(COc2ccc([N+](=O)[O-])cc2)o1)c1ccc2c(c1)Nc1ccccc1S2. The van der Waals surface area contributed by atoms with Gasteiger partial charge in [0, 0.05) is 27.5 Å². The van der Waals surface area contributed by atoms with Crippen molar-refractivity contribution in [2.45, 2.75) is 16.4 Å². The number of hydrogen-bond acceptors (Lipinski definition) is 7. The Morgan fingerprint density at radius 3 is 2.62 bits per heavy atom. The second-order valence-electron chi connectivity index (χ2n) is 7.48. The highest BCUT2D eigenvalue weighted by Gasteiger charge is 2.16. The molecule has 0 fully saturated rings. The molecule has 1 aliphatic heterocycles. The van der Waals surface area contributed by atoms with E-state index in [1.54, 1.807) is 30.0 Å². The van der Waals surface area contributed by atoms with Crippen molar-refractivity contribution in [3.8, 4) is 5.75 Å². The van der Waals surface area contributed by atoms with Crippen LogP contribution in [-0.2, 0) is 6.61 Å². The van der Waals surface area contributed by atoms with Gasteiger partial charge in [-0.25, -0.2) is 0 Å². The number of carbonyl (C=O) groups is 1. The van der Waals surface area contributed by atoms with E-state index in [2.05, 4.69) is 11.4 Å². The Labute approximate surface area is 199 Å². The van der Waals surface area contributed by atoms with E-state index in [-0.39, 0.29) is 18.1 Å². The molecule has 1 N–H and O–H groups in total. The van der Waals surface area contributed by atoms with Gasteiger partial charge in [0.1, 0.15) is 23.9 Å². The van der Waals surface area contributed by atoms with Gasteiger partial charge < -0.3 is 14.5 Å². The molecule has 0 aliphatic carbocycles. The molecule has 5 rings (SSSR count). The highest BCUT2D eigenvalue weighted by molar-refractivity contribution is 7.99. The van der Waals surface area contributed by atoms with Crippen LogP contribution in [0.1, 0.15) is 21.9 Å². The Hall–Kier alpha value is -4.30. The van der Waals surface area contributed by atoms with Crippen molar-refractivity contribution in [2.24, 2.45) is 0 Å². The van der Waals surface area contributed by atoms with Crippen LogP contribution in [0, 0.1) is 10.1 Å². The molecule has 2 heterocycles. The van der Waals surface area contributed by atoms with Crippen molar-refractivity contribution in [3.05, 3.63) is 112 Å². The van der Waals surface area contributed by atoms with Gasteiger partial charge in [0.2, 0.25) is 0 Å². The maximum Gasteiger partial charge on any atom is 0.269 e. The second-order valence-corrected chi connectivity index (χ2v) is 8.56. The van der Waals surface area contributed by atoms with Gasteiger partial charge in [-0.3, -0.25) is 14.9 Å². The first-order valence-corrected chi connectivity index (χ1v) is 11.2. The number of ketones is 1. The summed E-state index contributed by atoms with van der Waals surface area (Å²) in [6, 6.07) is 23.0. The molecule has 8 heteroatoms. The molecule has 168 valence electrons. The number of fused-ring (bicyclic) bond motifs is 2. The van der Waals surface area contributed by atoms with Gasteiger partial charge in [-0.1, -0.05) is 23.9 Å². The summed E-state index contributed by atoms with van der Waals surface area (Å²) < 4.78 is 11.3. The van der Waals surface area contributed by atoms with E-state index < -0.39 is 4.92 Å². The number of rotatable bonds is 7. The van der Waals surface area contributed by atoms with Gasteiger partial charge in [0.05, 0.1) is 16.3 Å². The number of nitro groups is 1. The smallest absolute Gasteiger partial charge is 0.269 e. The van der Waals surface area contributed by atoms with E-state index in [0.717, 1.165) is 21.2 Å². The lowest BCUT2D eigenvalue weighted by atomic mass is 10.1. The predicted molar refractivity (Wildman–Crippen MR) is 130 cm³/mol. The molecule has 0 radical (unpaired) electrons. The Bertz CT molecular complexity index is 1410. The molecule has 0 bridgehead atoms. The average molecular weight is 471 g/mol. The topological polar surface area (TPSA) is 94.6 Å². The van der Waals surface area contributed by atoms with Crippen LogP contribution in [0.25, 0.3) is 6.08 Å². The lowest BCUT2D eigenvalue weighted by molar-refractivity contribution is -0.384. The summed E-state index contributed by atoms with van der Waals surface area (Å²) in [4.78, 5) is 25.2. The first kappa shape index (κ1) is 21.5. The third-order valence-electron chi connectivity index (χ3n) is 5.15. The van der Waals surface area contributed by atoms with Crippen molar-refractivity contribution in [1.82, 2.24) is 0 Å². The molecule has 7 nitrogen and oxygen atoms in total. The average Bonchev–Trinajstić information content (AvgIpc) is 3.32. The fraction of sp³-hybridized carbons (Fsp3) is 0.0385. The van der Waals surface area contributed by atoms with Crippen molar-refractivity contribution in [1.29, 1.82) is 0 Å². The highest BCUT2D eigenvalue weighted by atomic mass is 32.2. The number of nitrogens with one attached hydrogen (secondary N) is 1. The van der Waals surface area contributed by atoms with Gasteiger partial charge in [0.25, 0.3) is 5.69 Å². The summed E-state index contributed by atoms with van der Waals surface area (Å²) in [6.07, 6.45) is 3.10. The number of para-hydroxylation sites is 1. The van der Waals surface area contributed by atoms with Crippen LogP contribution in [0.5, 0.6) is 5.75 Å². The summed E-state index contributed by atoms with van der Waals surface area (Å²) in [5.74, 6) is 1.46. The van der Waals surface area contributed by atoms with E-state index >= 15 is 0 Å². The van der Waals surface area contributed by atoms with E-state index in [9.17, 15) is 14.9 Å². The van der Waals surface area contributed by atoms with Crippen LogP contribution in [0.15, 0.2) is 99.1 Å². The Morgan fingerprint density at radius 1 is 1.00 bits per heavy atom. The predicted octanol–water partition coefficient (Wildman–Crippen LogP) is 6.87. The standard InChI is InChI=1S/C26H18N2O5S/c29-24(17-5-14-26-23(15-17)27-22-3-1-2-4-25(22)34-26)13-12-20-10-11-21(33-20)16-32-19-8-6-18(7-9-19)28(30)31/h1-15,27H,16H2/b13-12+. The Morgan fingerprint density at radius 2 is 1.79 bits per heavy atom. The van der Waals surface area contributed by atoms with E-state index in [0.29, 0.717) is 22.8 Å². The molecular formula is C26H18N2O5S. The maximum absolute atomic E-state index is 12.7. The Balaban J connectivity index is 1.21. The van der Waals surface area contributed by atoms with Crippen LogP contribution in [0.4, 0.5) is 17.1 Å². The van der Waals surface area contributed by atoms with Crippen molar-refractivity contribution >= 4 is 40.7 Å². The minimum atomic E-state index is -0.463. The number of nitrogens with zero attached hydrogens (tertiary/aromatic N) is 1. The molecule has 0 amide bonds. The van der Waals surface area contributed by atoms with Crippen molar-refractivity contribution in [2.75, 3.05) is 5.32 Å². The quantitative estimate of drug-likeness (QED) is 0.120. The number of anilines is 2. The summed E-state index contributed by atoms with van der Waals surface area (Å²) in [6.45, 7) is 0.162. The number of nitro benzene ring substituents is 1. The zero-order chi connectivity index (χ0) is 23.5. The molecule has 0 spiro atoms. The molecule has 0 atom stereocenters. The lowest BCUT2D eigenvalue weighted by Gasteiger charge is -2.20. The summed E-state index contributed by atoms with van der Waals surface area (Å²) in [5, 5.41) is 14.1. The molecule has 1 aliphatic rings. The van der Waals surface area contributed by atoms with Crippen LogP contribution in [0.2, 0.25) is 0 Å². The number of furan rings is 1. The number of ether oxygens (including phenoxy) is 1. The molecule has 34 heavy (non-hydrogen) atoms. The van der Waals surface area contributed by atoms with Crippen molar-refractivity contribution in [3.63, 3.8) is 0 Å². The zero-order valence-electron chi connectivity index (χ0n) is 17.8. The number of non-ortho nitro benzene ring substituents is 1. The highest BCUT2D eigenvalue weighted by Crippen LogP contribution is 2.44. The maximum atomic E-state index is 12.7. The van der Waals surface area contributed by atoms with Gasteiger partial charge in [-0.15, -0.1) is 0 Å². The molecule has 3 aromatic carbocycles. The fourth-order valence-electron chi connectivity index (χ4n) is 3.43. The normalized spacial score (nSPS) is 12.0. The van der Waals surface area contributed by atoms with E-state index in [4.69, 9.17) is 9.15 Å². The summed E-state index contributed by atoms with van der Waals surface area (Å²) in [5.41, 5.74) is 2.52. The number of allylic oxidation sites excluding steroid dienone is 1. The molecule has 1 aromatic heterocycles. The van der Waals surface area contributed by atoms with Crippen LogP contribution >= 0.6 is 11.8 Å². The molecule has 4 aromatic rings. The molecular weight excluding hydrogens is 452 g/mol. The van der Waals surface area contributed by atoms with Gasteiger partial charge in [-0.2, -0.15) is 0 Å². The molecule has 0 saturated heterocycles. The molecule has 0 saturated carbocycles. The third kappa shape index (κ3) is 4.72. The first-order chi connectivity index (χ1) is 16.5. The van der Waals surface area contributed by atoms with Crippen LogP contribution in [0.3, 0.4) is 0 Å². The summed E-state index contributed by atoms with van der Waals surface area (Å²) in [7, 11) is 0. The van der Waals surface area contributed by atoms with Crippen LogP contribution < -0.4 is 10.1 Å². The summed E-state index contributed by atoms with van der Waals surface area (Å²) >= 11 is 1.67. The van der Waals surface area contributed by atoms with Gasteiger partial charge >= 0.3 is 0 Å². The van der Waals surface area contributed by atoms with Crippen molar-refractivity contribution < 1.29 is 18.9 Å². The monoisotopic (exact) mass is 470 g/mol. The Kier molecular flexibility index (Phi) is 5.88. The fourth-order valence-corrected chi connectivity index (χ4v) is 4.40. The number of benzene rings is 3. The first-order valence-electron chi connectivity index (χ1n) is 10.4.